The Kier molecular flexibility index (Phi) is 4.23. The lowest BCUT2D eigenvalue weighted by Gasteiger charge is -2.15. The monoisotopic (exact) mass is 218 g/mol. The Morgan fingerprint density at radius 1 is 1.19 bits per heavy atom. The summed E-state index contributed by atoms with van der Waals surface area (Å²) in [5.74, 6) is 0. The second-order valence-electron chi connectivity index (χ2n) is 4.64. The van der Waals surface area contributed by atoms with Crippen LogP contribution in [0.3, 0.4) is 0 Å². The van der Waals surface area contributed by atoms with Gasteiger partial charge in [0.05, 0.1) is 0 Å². The predicted molar refractivity (Wildman–Crippen MR) is 70.0 cm³/mol. The van der Waals surface area contributed by atoms with Gasteiger partial charge in [-0.15, -0.1) is 0 Å². The minimum Gasteiger partial charge on any atom is -0.385 e. The number of para-hydroxylation sites is 1. The Balaban J connectivity index is 1.66. The number of nitrogens with one attached hydrogen (secondary N) is 1. The lowest BCUT2D eigenvalue weighted by atomic mass is 10.2. The van der Waals surface area contributed by atoms with Crippen molar-refractivity contribution in [2.24, 2.45) is 0 Å². The molecule has 1 N–H and O–H groups in total. The molecule has 1 aliphatic rings. The van der Waals surface area contributed by atoms with Crippen LogP contribution in [-0.4, -0.2) is 31.1 Å². The molecule has 0 spiro atoms. The van der Waals surface area contributed by atoms with Crippen molar-refractivity contribution < 1.29 is 0 Å². The van der Waals surface area contributed by atoms with Crippen molar-refractivity contribution in [1.82, 2.24) is 4.90 Å². The van der Waals surface area contributed by atoms with Crippen molar-refractivity contribution in [3.8, 4) is 0 Å². The van der Waals surface area contributed by atoms with Crippen LogP contribution in [0.25, 0.3) is 0 Å². The van der Waals surface area contributed by atoms with Crippen LogP contribution < -0.4 is 5.32 Å². The van der Waals surface area contributed by atoms with E-state index >= 15 is 0 Å². The zero-order chi connectivity index (χ0) is 11.2. The van der Waals surface area contributed by atoms with Crippen molar-refractivity contribution >= 4 is 5.69 Å². The molecule has 0 aromatic heterocycles. The number of hydrogen-bond donors (Lipinski definition) is 1. The lowest BCUT2D eigenvalue weighted by Crippen LogP contribution is -2.22. The Labute approximate surface area is 98.7 Å². The van der Waals surface area contributed by atoms with E-state index in [2.05, 4.69) is 41.4 Å². The van der Waals surface area contributed by atoms with Crippen LogP contribution in [0.2, 0.25) is 0 Å². The molecule has 1 aromatic carbocycles. The molecule has 0 bridgehead atoms. The van der Waals surface area contributed by atoms with E-state index in [0.29, 0.717) is 0 Å². The lowest BCUT2D eigenvalue weighted by molar-refractivity contribution is 0.337. The number of hydrogen-bond acceptors (Lipinski definition) is 2. The van der Waals surface area contributed by atoms with Gasteiger partial charge in [-0.2, -0.15) is 0 Å². The summed E-state index contributed by atoms with van der Waals surface area (Å²) in [5, 5.41) is 3.51. The van der Waals surface area contributed by atoms with Crippen molar-refractivity contribution in [3.05, 3.63) is 29.8 Å². The van der Waals surface area contributed by atoms with Gasteiger partial charge in [-0.3, -0.25) is 0 Å². The van der Waals surface area contributed by atoms with Gasteiger partial charge in [0, 0.05) is 12.2 Å². The molecule has 1 aliphatic heterocycles. The fraction of sp³-hybridized carbons (Fsp3) is 0.571. The number of aryl methyl sites for hydroxylation is 1. The molecular weight excluding hydrogens is 196 g/mol. The molecule has 0 atom stereocenters. The molecule has 0 saturated carbocycles. The zero-order valence-corrected chi connectivity index (χ0v) is 10.2. The number of likely N-dealkylation sites (tertiary alicyclic amines) is 1. The van der Waals surface area contributed by atoms with Crippen molar-refractivity contribution in [3.63, 3.8) is 0 Å². The van der Waals surface area contributed by atoms with E-state index in [9.17, 15) is 0 Å². The van der Waals surface area contributed by atoms with E-state index in [1.54, 1.807) is 0 Å². The van der Waals surface area contributed by atoms with Crippen molar-refractivity contribution in [1.29, 1.82) is 0 Å². The first-order valence-electron chi connectivity index (χ1n) is 6.38. The third-order valence-corrected chi connectivity index (χ3v) is 3.31. The standard InChI is InChI=1S/C14H22N2/c1-13-7-2-3-8-14(13)15-9-6-12-16-10-4-5-11-16/h2-3,7-8,15H,4-6,9-12H2,1H3. The van der Waals surface area contributed by atoms with Gasteiger partial charge < -0.3 is 10.2 Å². The minimum absolute atomic E-state index is 1.08. The highest BCUT2D eigenvalue weighted by Gasteiger charge is 2.09. The van der Waals surface area contributed by atoms with Gasteiger partial charge in [0.1, 0.15) is 0 Å². The molecule has 1 fully saturated rings. The highest BCUT2D eigenvalue weighted by molar-refractivity contribution is 5.50. The topological polar surface area (TPSA) is 15.3 Å². The second kappa shape index (κ2) is 5.90. The summed E-state index contributed by atoms with van der Waals surface area (Å²) in [6, 6.07) is 8.49. The van der Waals surface area contributed by atoms with Gasteiger partial charge in [-0.05, 0) is 57.5 Å². The molecule has 2 heteroatoms. The fourth-order valence-electron chi connectivity index (χ4n) is 2.30. The maximum absolute atomic E-state index is 3.51. The highest BCUT2D eigenvalue weighted by atomic mass is 15.1. The normalized spacial score (nSPS) is 16.6. The molecule has 2 nitrogen and oxygen atoms in total. The first-order valence-corrected chi connectivity index (χ1v) is 6.38. The molecule has 0 amide bonds. The summed E-state index contributed by atoms with van der Waals surface area (Å²) in [6.07, 6.45) is 4.03. The first kappa shape index (κ1) is 11.5. The molecule has 1 heterocycles. The van der Waals surface area contributed by atoms with E-state index in [-0.39, 0.29) is 0 Å². The van der Waals surface area contributed by atoms with E-state index < -0.39 is 0 Å². The van der Waals surface area contributed by atoms with Crippen LogP contribution in [0.1, 0.15) is 24.8 Å². The summed E-state index contributed by atoms with van der Waals surface area (Å²) < 4.78 is 0. The van der Waals surface area contributed by atoms with Gasteiger partial charge in [0.2, 0.25) is 0 Å². The molecule has 88 valence electrons. The maximum Gasteiger partial charge on any atom is 0.0369 e. The maximum atomic E-state index is 3.51. The van der Waals surface area contributed by atoms with Crippen molar-refractivity contribution in [2.45, 2.75) is 26.2 Å². The molecular formula is C14H22N2. The van der Waals surface area contributed by atoms with E-state index in [1.165, 1.54) is 50.1 Å². The van der Waals surface area contributed by atoms with E-state index in [4.69, 9.17) is 0 Å². The van der Waals surface area contributed by atoms with Crippen LogP contribution in [-0.2, 0) is 0 Å². The summed E-state index contributed by atoms with van der Waals surface area (Å²) >= 11 is 0. The van der Waals surface area contributed by atoms with Crippen LogP contribution in [0.5, 0.6) is 0 Å². The van der Waals surface area contributed by atoms with E-state index in [0.717, 1.165) is 6.54 Å². The minimum atomic E-state index is 1.08. The average molecular weight is 218 g/mol. The van der Waals surface area contributed by atoms with E-state index in [1.807, 2.05) is 0 Å². The summed E-state index contributed by atoms with van der Waals surface area (Å²) in [7, 11) is 0. The van der Waals surface area contributed by atoms with Gasteiger partial charge in [0.15, 0.2) is 0 Å². The zero-order valence-electron chi connectivity index (χ0n) is 10.2. The highest BCUT2D eigenvalue weighted by Crippen LogP contribution is 2.13. The predicted octanol–water partition coefficient (Wildman–Crippen LogP) is 2.89. The van der Waals surface area contributed by atoms with Crippen LogP contribution >= 0.6 is 0 Å². The van der Waals surface area contributed by atoms with Crippen LogP contribution in [0.15, 0.2) is 24.3 Å². The SMILES string of the molecule is Cc1ccccc1NCCCN1CCCC1. The quantitative estimate of drug-likeness (QED) is 0.764. The number of rotatable bonds is 5. The summed E-state index contributed by atoms with van der Waals surface area (Å²) in [5.41, 5.74) is 2.62. The summed E-state index contributed by atoms with van der Waals surface area (Å²) in [6.45, 7) is 7.11. The third-order valence-electron chi connectivity index (χ3n) is 3.31. The van der Waals surface area contributed by atoms with Gasteiger partial charge >= 0.3 is 0 Å². The number of anilines is 1. The first-order chi connectivity index (χ1) is 7.86. The van der Waals surface area contributed by atoms with Crippen molar-refractivity contribution in [2.75, 3.05) is 31.5 Å². The molecule has 2 rings (SSSR count). The van der Waals surface area contributed by atoms with Gasteiger partial charge in [-0.1, -0.05) is 18.2 Å². The molecule has 0 radical (unpaired) electrons. The summed E-state index contributed by atoms with van der Waals surface area (Å²) in [4.78, 5) is 2.57. The molecule has 0 unspecified atom stereocenters. The van der Waals surface area contributed by atoms with Crippen LogP contribution in [0, 0.1) is 6.92 Å². The average Bonchev–Trinajstić information content (AvgIpc) is 2.79. The number of nitrogens with zero attached hydrogens (tertiary/aromatic N) is 1. The second-order valence-corrected chi connectivity index (χ2v) is 4.64. The largest absolute Gasteiger partial charge is 0.385 e. The molecule has 1 aromatic rings. The smallest absolute Gasteiger partial charge is 0.0369 e. The van der Waals surface area contributed by atoms with Gasteiger partial charge in [-0.25, -0.2) is 0 Å². The Bertz CT molecular complexity index is 316. The Morgan fingerprint density at radius 3 is 2.69 bits per heavy atom. The number of benzene rings is 1. The molecule has 0 aliphatic carbocycles. The van der Waals surface area contributed by atoms with Gasteiger partial charge in [0.25, 0.3) is 0 Å². The molecule has 1 saturated heterocycles. The third kappa shape index (κ3) is 3.24. The Hall–Kier alpha value is -1.02. The van der Waals surface area contributed by atoms with Crippen LogP contribution in [0.4, 0.5) is 5.69 Å². The fourth-order valence-corrected chi connectivity index (χ4v) is 2.30. The molecule has 16 heavy (non-hydrogen) atoms. The Morgan fingerprint density at radius 2 is 1.94 bits per heavy atom.